The van der Waals surface area contributed by atoms with Gasteiger partial charge in [-0.3, -0.25) is 4.90 Å². The summed E-state index contributed by atoms with van der Waals surface area (Å²) in [5.41, 5.74) is 0.951. The number of nitrogens with one attached hydrogen (secondary N) is 1. The van der Waals surface area contributed by atoms with Gasteiger partial charge in [0.05, 0.1) is 6.61 Å². The van der Waals surface area contributed by atoms with E-state index in [1.165, 1.54) is 12.8 Å². The number of benzene rings is 1. The Bertz CT molecular complexity index is 431. The number of phenols is 1. The molecule has 118 valence electrons. The number of hydrogen-bond donors (Lipinski definition) is 2. The molecule has 1 saturated heterocycles. The van der Waals surface area contributed by atoms with Gasteiger partial charge in [-0.25, -0.2) is 0 Å². The highest BCUT2D eigenvalue weighted by Gasteiger charge is 2.19. The van der Waals surface area contributed by atoms with Gasteiger partial charge in [-0.1, -0.05) is 19.1 Å². The lowest BCUT2D eigenvalue weighted by Gasteiger charge is -2.26. The summed E-state index contributed by atoms with van der Waals surface area (Å²) in [6.45, 7) is 8.71. The largest absolute Gasteiger partial charge is 0.504 e. The second kappa shape index (κ2) is 8.25. The molecule has 1 aliphatic rings. The molecule has 1 aliphatic heterocycles. The van der Waals surface area contributed by atoms with Crippen molar-refractivity contribution in [2.24, 2.45) is 0 Å². The first-order valence-corrected chi connectivity index (χ1v) is 8.14. The zero-order valence-corrected chi connectivity index (χ0v) is 13.3. The van der Waals surface area contributed by atoms with Crippen molar-refractivity contribution < 1.29 is 9.84 Å². The van der Waals surface area contributed by atoms with Crippen LogP contribution in [0.5, 0.6) is 11.5 Å². The smallest absolute Gasteiger partial charge is 0.162 e. The third-order valence-corrected chi connectivity index (χ3v) is 3.96. The number of hydrogen-bond acceptors (Lipinski definition) is 4. The maximum atomic E-state index is 10.3. The van der Waals surface area contributed by atoms with Crippen LogP contribution in [0.4, 0.5) is 0 Å². The van der Waals surface area contributed by atoms with Crippen LogP contribution in [0.1, 0.15) is 38.7 Å². The van der Waals surface area contributed by atoms with Gasteiger partial charge < -0.3 is 15.2 Å². The highest BCUT2D eigenvalue weighted by molar-refractivity contribution is 5.45. The summed E-state index contributed by atoms with van der Waals surface area (Å²) in [6, 6.07) is 6.36. The molecule has 0 bridgehead atoms. The summed E-state index contributed by atoms with van der Waals surface area (Å²) < 4.78 is 5.47. The van der Waals surface area contributed by atoms with Crippen LogP contribution in [0.15, 0.2) is 18.2 Å². The number of aromatic hydroxyl groups is 1. The first-order valence-electron chi connectivity index (χ1n) is 8.14. The number of ether oxygens (including phenoxy) is 1. The molecule has 0 saturated carbocycles. The summed E-state index contributed by atoms with van der Waals surface area (Å²) in [4.78, 5) is 2.42. The van der Waals surface area contributed by atoms with Crippen molar-refractivity contribution in [1.29, 1.82) is 0 Å². The average Bonchev–Trinajstić information content (AvgIpc) is 2.96. The zero-order chi connectivity index (χ0) is 15.1. The lowest BCUT2D eigenvalue weighted by atomic mass is 10.1. The topological polar surface area (TPSA) is 44.7 Å². The molecular weight excluding hydrogens is 264 g/mol. The van der Waals surface area contributed by atoms with Crippen LogP contribution in [0.3, 0.4) is 0 Å². The molecule has 0 amide bonds. The lowest BCUT2D eigenvalue weighted by Crippen LogP contribution is -2.37. The molecule has 1 aromatic carbocycles. The van der Waals surface area contributed by atoms with E-state index in [1.807, 2.05) is 25.1 Å². The molecule has 1 fully saturated rings. The SMILES string of the molecule is CCCN(Cc1cccc(OCC)c1O)CC1CCCN1. The number of rotatable bonds is 8. The second-order valence-electron chi connectivity index (χ2n) is 5.73. The summed E-state index contributed by atoms with van der Waals surface area (Å²) in [5.74, 6) is 0.880. The van der Waals surface area contributed by atoms with Crippen molar-refractivity contribution in [3.05, 3.63) is 23.8 Å². The molecule has 1 aromatic rings. The van der Waals surface area contributed by atoms with Gasteiger partial charge in [0.1, 0.15) is 0 Å². The predicted molar refractivity (Wildman–Crippen MR) is 85.9 cm³/mol. The molecule has 1 heterocycles. The molecule has 0 spiro atoms. The van der Waals surface area contributed by atoms with Gasteiger partial charge in [0.15, 0.2) is 11.5 Å². The van der Waals surface area contributed by atoms with E-state index < -0.39 is 0 Å². The molecule has 0 aliphatic carbocycles. The summed E-state index contributed by atoms with van der Waals surface area (Å²) in [7, 11) is 0. The van der Waals surface area contributed by atoms with Gasteiger partial charge >= 0.3 is 0 Å². The van der Waals surface area contributed by atoms with Crippen LogP contribution >= 0.6 is 0 Å². The standard InChI is InChI=1S/C17H28N2O2/c1-3-11-19(13-15-8-6-10-18-15)12-14-7-5-9-16(17(14)20)21-4-2/h5,7,9,15,18,20H,3-4,6,8,10-13H2,1-2H3. The summed E-state index contributed by atoms with van der Waals surface area (Å²) in [6.07, 6.45) is 3.65. The molecule has 4 nitrogen and oxygen atoms in total. The van der Waals surface area contributed by atoms with Gasteiger partial charge in [-0.2, -0.15) is 0 Å². The minimum absolute atomic E-state index is 0.292. The van der Waals surface area contributed by atoms with Crippen LogP contribution in [-0.2, 0) is 6.54 Å². The highest BCUT2D eigenvalue weighted by Crippen LogP contribution is 2.30. The minimum Gasteiger partial charge on any atom is -0.504 e. The highest BCUT2D eigenvalue weighted by atomic mass is 16.5. The van der Waals surface area contributed by atoms with Crippen molar-refractivity contribution in [3.63, 3.8) is 0 Å². The van der Waals surface area contributed by atoms with Crippen molar-refractivity contribution in [2.75, 3.05) is 26.2 Å². The van der Waals surface area contributed by atoms with Crippen molar-refractivity contribution in [1.82, 2.24) is 10.2 Å². The Morgan fingerprint density at radius 3 is 2.90 bits per heavy atom. The van der Waals surface area contributed by atoms with Gasteiger partial charge in [0, 0.05) is 24.7 Å². The fourth-order valence-corrected chi connectivity index (χ4v) is 2.98. The van der Waals surface area contributed by atoms with E-state index in [0.717, 1.165) is 38.2 Å². The molecule has 1 unspecified atom stereocenters. The van der Waals surface area contributed by atoms with E-state index in [4.69, 9.17) is 4.74 Å². The van der Waals surface area contributed by atoms with Crippen LogP contribution in [0.25, 0.3) is 0 Å². The Labute approximate surface area is 128 Å². The van der Waals surface area contributed by atoms with Crippen molar-refractivity contribution in [3.8, 4) is 11.5 Å². The van der Waals surface area contributed by atoms with Crippen LogP contribution < -0.4 is 10.1 Å². The van der Waals surface area contributed by atoms with Crippen LogP contribution in [0.2, 0.25) is 0 Å². The molecule has 1 atom stereocenters. The Morgan fingerprint density at radius 2 is 2.24 bits per heavy atom. The fourth-order valence-electron chi connectivity index (χ4n) is 2.98. The predicted octanol–water partition coefficient (Wildman–Crippen LogP) is 2.75. The Hall–Kier alpha value is -1.26. The average molecular weight is 292 g/mol. The van der Waals surface area contributed by atoms with Crippen molar-refractivity contribution in [2.45, 2.75) is 45.7 Å². The van der Waals surface area contributed by atoms with Gasteiger partial charge in [0.25, 0.3) is 0 Å². The van der Waals surface area contributed by atoms with Gasteiger partial charge in [-0.15, -0.1) is 0 Å². The molecular formula is C17H28N2O2. The summed E-state index contributed by atoms with van der Waals surface area (Å²) >= 11 is 0. The monoisotopic (exact) mass is 292 g/mol. The van der Waals surface area contributed by atoms with Crippen LogP contribution in [-0.4, -0.2) is 42.3 Å². The molecule has 2 rings (SSSR count). The normalized spacial score (nSPS) is 18.3. The first-order chi connectivity index (χ1) is 10.2. The van der Waals surface area contributed by atoms with E-state index in [-0.39, 0.29) is 0 Å². The lowest BCUT2D eigenvalue weighted by molar-refractivity contribution is 0.237. The molecule has 0 radical (unpaired) electrons. The zero-order valence-electron chi connectivity index (χ0n) is 13.3. The Balaban J connectivity index is 2.03. The van der Waals surface area contributed by atoms with E-state index in [9.17, 15) is 5.11 Å². The fraction of sp³-hybridized carbons (Fsp3) is 0.647. The summed E-state index contributed by atoms with van der Waals surface area (Å²) in [5, 5.41) is 13.9. The quantitative estimate of drug-likeness (QED) is 0.773. The number of nitrogens with zero attached hydrogens (tertiary/aromatic N) is 1. The van der Waals surface area contributed by atoms with E-state index in [2.05, 4.69) is 17.1 Å². The molecule has 0 aromatic heterocycles. The van der Waals surface area contributed by atoms with Crippen LogP contribution in [0, 0.1) is 0 Å². The maximum Gasteiger partial charge on any atom is 0.162 e. The third-order valence-electron chi connectivity index (χ3n) is 3.96. The number of para-hydroxylation sites is 1. The van der Waals surface area contributed by atoms with Crippen molar-refractivity contribution >= 4 is 0 Å². The van der Waals surface area contributed by atoms with Gasteiger partial charge in [0.2, 0.25) is 0 Å². The molecule has 21 heavy (non-hydrogen) atoms. The Kier molecular flexibility index (Phi) is 6.33. The second-order valence-corrected chi connectivity index (χ2v) is 5.73. The van der Waals surface area contributed by atoms with E-state index in [0.29, 0.717) is 24.1 Å². The van der Waals surface area contributed by atoms with Gasteiger partial charge in [-0.05, 0) is 45.3 Å². The first kappa shape index (κ1) is 16.1. The Morgan fingerprint density at radius 1 is 1.38 bits per heavy atom. The minimum atomic E-state index is 0.292. The van der Waals surface area contributed by atoms with E-state index in [1.54, 1.807) is 0 Å². The maximum absolute atomic E-state index is 10.3. The van der Waals surface area contributed by atoms with E-state index >= 15 is 0 Å². The number of phenolic OH excluding ortho intramolecular Hbond substituents is 1. The molecule has 4 heteroatoms. The molecule has 2 N–H and O–H groups in total. The third kappa shape index (κ3) is 4.61.